The molecule has 0 amide bonds. The molecule has 1 aromatic carbocycles. The van der Waals surface area contributed by atoms with Crippen LogP contribution in [-0.2, 0) is 19.6 Å². The molecule has 2 aromatic rings. The maximum absolute atomic E-state index is 5.81. The van der Waals surface area contributed by atoms with E-state index < -0.39 is 0 Å². The van der Waals surface area contributed by atoms with Gasteiger partial charge in [0.2, 0.25) is 0 Å². The molecule has 0 bridgehead atoms. The summed E-state index contributed by atoms with van der Waals surface area (Å²) in [5.41, 5.74) is 2.77. The summed E-state index contributed by atoms with van der Waals surface area (Å²) in [5, 5.41) is 4.96. The molecular formula is C22H29N5OS. The molecule has 6 rings (SSSR count). The number of rotatable bonds is 6. The minimum absolute atomic E-state index is 0.626. The fraction of sp³-hybridized carbons (Fsp3) is 0.636. The second-order valence-corrected chi connectivity index (χ2v) is 9.46. The Kier molecular flexibility index (Phi) is 4.50. The molecule has 0 unspecified atom stereocenters. The third-order valence-electron chi connectivity index (χ3n) is 6.71. The lowest BCUT2D eigenvalue weighted by Crippen LogP contribution is -2.46. The zero-order valence-electron chi connectivity index (χ0n) is 16.9. The van der Waals surface area contributed by atoms with Crippen molar-refractivity contribution >= 4 is 12.2 Å². The number of aromatic nitrogens is 3. The maximum Gasteiger partial charge on any atom is 0.199 e. The zero-order valence-corrected chi connectivity index (χ0v) is 17.7. The minimum Gasteiger partial charge on any atom is -0.493 e. The maximum atomic E-state index is 5.81. The van der Waals surface area contributed by atoms with Gasteiger partial charge in [0.05, 0.1) is 13.3 Å². The van der Waals surface area contributed by atoms with Crippen LogP contribution in [0.4, 0.5) is 0 Å². The van der Waals surface area contributed by atoms with E-state index in [0.29, 0.717) is 12.0 Å². The van der Waals surface area contributed by atoms with E-state index in [0.717, 1.165) is 62.9 Å². The quantitative estimate of drug-likeness (QED) is 0.682. The number of hydrogen-bond donors (Lipinski definition) is 0. The van der Waals surface area contributed by atoms with Gasteiger partial charge in [-0.1, -0.05) is 12.1 Å². The van der Waals surface area contributed by atoms with Crippen LogP contribution in [0.2, 0.25) is 0 Å². The highest BCUT2D eigenvalue weighted by Gasteiger charge is 2.36. The summed E-state index contributed by atoms with van der Waals surface area (Å²) < 4.78 is 11.0. The minimum atomic E-state index is 0.626. The van der Waals surface area contributed by atoms with Gasteiger partial charge in [-0.3, -0.25) is 9.80 Å². The molecule has 0 spiro atoms. The zero-order chi connectivity index (χ0) is 19.4. The van der Waals surface area contributed by atoms with Gasteiger partial charge in [0.1, 0.15) is 11.6 Å². The highest BCUT2D eigenvalue weighted by atomic mass is 32.1. The van der Waals surface area contributed by atoms with Crippen LogP contribution in [0.15, 0.2) is 18.2 Å². The second kappa shape index (κ2) is 7.22. The van der Waals surface area contributed by atoms with E-state index in [4.69, 9.17) is 22.1 Å². The van der Waals surface area contributed by atoms with E-state index >= 15 is 0 Å². The third kappa shape index (κ3) is 3.64. The van der Waals surface area contributed by atoms with Crippen molar-refractivity contribution in [3.8, 4) is 5.75 Å². The molecule has 1 saturated heterocycles. The first kappa shape index (κ1) is 18.1. The summed E-state index contributed by atoms with van der Waals surface area (Å²) in [6, 6.07) is 7.32. The molecule has 2 aliphatic heterocycles. The number of fused-ring (bicyclic) bond motifs is 1. The molecule has 29 heavy (non-hydrogen) atoms. The van der Waals surface area contributed by atoms with Crippen molar-refractivity contribution in [2.75, 3.05) is 32.8 Å². The van der Waals surface area contributed by atoms with Crippen LogP contribution < -0.4 is 4.74 Å². The van der Waals surface area contributed by atoms with Gasteiger partial charge in [-0.2, -0.15) is 5.10 Å². The molecule has 3 heterocycles. The Hall–Kier alpha value is -1.70. The molecule has 3 fully saturated rings. The van der Waals surface area contributed by atoms with Crippen LogP contribution in [0, 0.1) is 4.77 Å². The molecule has 1 aromatic heterocycles. The molecule has 2 aliphatic carbocycles. The molecule has 154 valence electrons. The van der Waals surface area contributed by atoms with Gasteiger partial charge < -0.3 is 9.30 Å². The van der Waals surface area contributed by atoms with Crippen LogP contribution in [-0.4, -0.2) is 56.9 Å². The third-order valence-corrected chi connectivity index (χ3v) is 7.12. The fourth-order valence-corrected chi connectivity index (χ4v) is 5.04. The SMILES string of the molecule is S=c1n(CN2CCN(Cc3ccc4c(c3)CCO4)CC2)nc(C2CC2)n1C1CC1. The lowest BCUT2D eigenvalue weighted by Gasteiger charge is -2.34. The van der Waals surface area contributed by atoms with E-state index in [9.17, 15) is 0 Å². The normalized spacial score (nSPS) is 22.6. The van der Waals surface area contributed by atoms with Crippen molar-refractivity contribution in [2.45, 2.75) is 57.3 Å². The summed E-state index contributed by atoms with van der Waals surface area (Å²) in [6.45, 7) is 7.04. The number of piperazine rings is 1. The Morgan fingerprint density at radius 2 is 1.83 bits per heavy atom. The van der Waals surface area contributed by atoms with Crippen molar-refractivity contribution in [3.05, 3.63) is 39.9 Å². The number of nitrogens with zero attached hydrogens (tertiary/aromatic N) is 5. The largest absolute Gasteiger partial charge is 0.493 e. The van der Waals surface area contributed by atoms with Gasteiger partial charge in [-0.15, -0.1) is 0 Å². The highest BCUT2D eigenvalue weighted by Crippen LogP contribution is 2.44. The smallest absolute Gasteiger partial charge is 0.199 e. The topological polar surface area (TPSA) is 38.5 Å². The monoisotopic (exact) mass is 411 g/mol. The lowest BCUT2D eigenvalue weighted by atomic mass is 10.1. The predicted octanol–water partition coefficient (Wildman–Crippen LogP) is 3.34. The van der Waals surface area contributed by atoms with Crippen LogP contribution >= 0.6 is 12.2 Å². The van der Waals surface area contributed by atoms with Gasteiger partial charge in [0.15, 0.2) is 4.77 Å². The molecule has 0 atom stereocenters. The predicted molar refractivity (Wildman–Crippen MR) is 114 cm³/mol. The number of benzene rings is 1. The summed E-state index contributed by atoms with van der Waals surface area (Å²) in [4.78, 5) is 5.06. The molecule has 0 radical (unpaired) electrons. The van der Waals surface area contributed by atoms with Crippen molar-refractivity contribution in [3.63, 3.8) is 0 Å². The van der Waals surface area contributed by atoms with Gasteiger partial charge in [-0.25, -0.2) is 4.68 Å². The van der Waals surface area contributed by atoms with Crippen molar-refractivity contribution in [1.82, 2.24) is 24.1 Å². The van der Waals surface area contributed by atoms with E-state index in [1.807, 2.05) is 0 Å². The number of ether oxygens (including phenoxy) is 1. The molecule has 2 saturated carbocycles. The average molecular weight is 412 g/mol. The second-order valence-electron chi connectivity index (χ2n) is 9.09. The molecule has 4 aliphatic rings. The van der Waals surface area contributed by atoms with E-state index in [-0.39, 0.29) is 0 Å². The van der Waals surface area contributed by atoms with Gasteiger partial charge in [-0.05, 0) is 55.1 Å². The van der Waals surface area contributed by atoms with Crippen LogP contribution in [0.25, 0.3) is 0 Å². The summed E-state index contributed by atoms with van der Waals surface area (Å²) in [7, 11) is 0. The Morgan fingerprint density at radius 3 is 2.59 bits per heavy atom. The standard InChI is InChI=1S/C22H29N5OS/c29-22-26(23-21(17-2-3-17)27(22)19-4-5-19)15-25-10-8-24(9-11-25)14-16-1-6-20-18(13-16)7-12-28-20/h1,6,13,17,19H,2-5,7-12,14-15H2. The highest BCUT2D eigenvalue weighted by molar-refractivity contribution is 7.71. The Morgan fingerprint density at radius 1 is 1.03 bits per heavy atom. The first-order valence-electron chi connectivity index (χ1n) is 11.1. The first-order valence-corrected chi connectivity index (χ1v) is 11.5. The van der Waals surface area contributed by atoms with Gasteiger partial charge in [0.25, 0.3) is 0 Å². The van der Waals surface area contributed by atoms with Crippen molar-refractivity contribution < 1.29 is 4.74 Å². The molecular weight excluding hydrogens is 382 g/mol. The molecule has 0 N–H and O–H groups in total. The molecule has 7 heteroatoms. The Bertz CT molecular complexity index is 966. The van der Waals surface area contributed by atoms with E-state index in [1.165, 1.54) is 42.6 Å². The Balaban J connectivity index is 1.08. The fourth-order valence-electron chi connectivity index (χ4n) is 4.70. The first-order chi connectivity index (χ1) is 14.2. The Labute approximate surface area is 177 Å². The van der Waals surface area contributed by atoms with Crippen LogP contribution in [0.5, 0.6) is 5.75 Å². The van der Waals surface area contributed by atoms with Crippen LogP contribution in [0.1, 0.15) is 54.6 Å². The van der Waals surface area contributed by atoms with Crippen molar-refractivity contribution in [2.24, 2.45) is 0 Å². The van der Waals surface area contributed by atoms with Crippen LogP contribution in [0.3, 0.4) is 0 Å². The molecule has 6 nitrogen and oxygen atoms in total. The number of hydrogen-bond acceptors (Lipinski definition) is 5. The van der Waals surface area contributed by atoms with E-state index in [2.05, 4.69) is 37.2 Å². The summed E-state index contributed by atoms with van der Waals surface area (Å²) in [5.74, 6) is 3.00. The lowest BCUT2D eigenvalue weighted by molar-refractivity contribution is 0.0979. The summed E-state index contributed by atoms with van der Waals surface area (Å²) >= 11 is 5.81. The van der Waals surface area contributed by atoms with Gasteiger partial charge in [0, 0.05) is 51.1 Å². The van der Waals surface area contributed by atoms with E-state index in [1.54, 1.807) is 0 Å². The summed E-state index contributed by atoms with van der Waals surface area (Å²) in [6.07, 6.45) is 6.16. The van der Waals surface area contributed by atoms with Gasteiger partial charge >= 0.3 is 0 Å². The van der Waals surface area contributed by atoms with Crippen molar-refractivity contribution in [1.29, 1.82) is 0 Å². The average Bonchev–Trinajstić information content (AvgIpc) is 3.66.